The molecule has 1 aromatic carbocycles. The molecule has 0 fully saturated rings. The normalized spacial score (nSPS) is 13.0. The van der Waals surface area contributed by atoms with E-state index >= 15 is 0 Å². The Labute approximate surface area is 122 Å². The molecule has 0 aliphatic heterocycles. The van der Waals surface area contributed by atoms with Crippen molar-refractivity contribution in [3.8, 4) is 0 Å². The third kappa shape index (κ3) is 3.70. The van der Waals surface area contributed by atoms with Gasteiger partial charge in [0.2, 0.25) is 0 Å². The van der Waals surface area contributed by atoms with Crippen LogP contribution in [-0.4, -0.2) is 30.5 Å². The number of nitrogens with one attached hydrogen (secondary N) is 2. The molecule has 0 aliphatic carbocycles. The highest BCUT2D eigenvalue weighted by Crippen LogP contribution is 2.41. The Morgan fingerprint density at radius 3 is 1.91 bits per heavy atom. The van der Waals surface area contributed by atoms with Crippen molar-refractivity contribution in [3.63, 3.8) is 0 Å². The first-order valence-corrected chi connectivity index (χ1v) is 6.31. The van der Waals surface area contributed by atoms with E-state index in [4.69, 9.17) is 0 Å². The Hall–Kier alpha value is -1.77. The van der Waals surface area contributed by atoms with Crippen LogP contribution >= 0.6 is 0 Å². The van der Waals surface area contributed by atoms with Crippen molar-refractivity contribution < 1.29 is 31.1 Å². The molecule has 0 aromatic heterocycles. The van der Waals surface area contributed by atoms with Crippen LogP contribution in [0.5, 0.6) is 0 Å². The molecule has 2 N–H and O–H groups in total. The summed E-state index contributed by atoms with van der Waals surface area (Å²) < 4.78 is 78.4. The first-order valence-electron chi connectivity index (χ1n) is 6.31. The summed E-state index contributed by atoms with van der Waals surface area (Å²) in [6.45, 7) is 0.831. The summed E-state index contributed by atoms with van der Waals surface area (Å²) in [5, 5.41) is 2.44. The molecule has 0 saturated carbocycles. The van der Waals surface area contributed by atoms with Crippen molar-refractivity contribution in [1.29, 1.82) is 0 Å². The van der Waals surface area contributed by atoms with Gasteiger partial charge in [0.15, 0.2) is 0 Å². The summed E-state index contributed by atoms with van der Waals surface area (Å²) in [6, 6.07) is 6.38. The fourth-order valence-electron chi connectivity index (χ4n) is 1.69. The number of hydrogen-bond donors (Lipinski definition) is 2. The Kier molecular flexibility index (Phi) is 5.44. The van der Waals surface area contributed by atoms with Crippen molar-refractivity contribution in [2.24, 2.45) is 0 Å². The van der Waals surface area contributed by atoms with E-state index in [1.54, 1.807) is 0 Å². The first-order chi connectivity index (χ1) is 10.0. The van der Waals surface area contributed by atoms with Crippen molar-refractivity contribution in [2.45, 2.75) is 31.4 Å². The maximum atomic E-state index is 13.1. The maximum Gasteiger partial charge on any atom is 0.434 e. The van der Waals surface area contributed by atoms with E-state index in [0.29, 0.717) is 0 Å². The van der Waals surface area contributed by atoms with Crippen LogP contribution in [0.3, 0.4) is 0 Å². The minimum absolute atomic E-state index is 0.0229. The Balaban J connectivity index is 3.22. The summed E-state index contributed by atoms with van der Waals surface area (Å²) in [5.74, 6) is -1.47. The van der Waals surface area contributed by atoms with Gasteiger partial charge in [-0.3, -0.25) is 10.1 Å². The van der Waals surface area contributed by atoms with Crippen molar-refractivity contribution in [3.05, 3.63) is 35.9 Å². The van der Waals surface area contributed by atoms with Gasteiger partial charge >= 0.3 is 12.4 Å². The van der Waals surface area contributed by atoms with E-state index in [2.05, 4.69) is 0 Å². The molecule has 0 atom stereocenters. The van der Waals surface area contributed by atoms with E-state index in [0.717, 1.165) is 17.4 Å². The first kappa shape index (κ1) is 18.3. The largest absolute Gasteiger partial charge is 0.434 e. The lowest BCUT2D eigenvalue weighted by Gasteiger charge is -2.38. The minimum Gasteiger partial charge on any atom is -0.319 e. The van der Waals surface area contributed by atoms with Crippen LogP contribution in [0, 0.1) is 0 Å². The summed E-state index contributed by atoms with van der Waals surface area (Å²) in [4.78, 5) is 11.8. The van der Waals surface area contributed by atoms with Gasteiger partial charge in [0, 0.05) is 5.56 Å². The summed E-state index contributed by atoms with van der Waals surface area (Å²) in [6.07, 6.45) is -11.5. The highest BCUT2D eigenvalue weighted by Gasteiger charge is 2.72. The average molecular weight is 328 g/mol. The highest BCUT2D eigenvalue weighted by molar-refractivity contribution is 5.94. The van der Waals surface area contributed by atoms with Crippen LogP contribution in [0.1, 0.15) is 23.7 Å². The van der Waals surface area contributed by atoms with E-state index in [1.165, 1.54) is 30.4 Å². The van der Waals surface area contributed by atoms with Crippen molar-refractivity contribution in [2.75, 3.05) is 6.54 Å². The number of amides is 1. The predicted molar refractivity (Wildman–Crippen MR) is 67.0 cm³/mol. The highest BCUT2D eigenvalue weighted by atomic mass is 19.4. The minimum atomic E-state index is -5.76. The Bertz CT molecular complexity index is 483. The van der Waals surface area contributed by atoms with E-state index in [1.807, 2.05) is 0 Å². The molecule has 0 bridgehead atoms. The number of alkyl halides is 6. The van der Waals surface area contributed by atoms with Crippen LogP contribution in [0.25, 0.3) is 0 Å². The quantitative estimate of drug-likeness (QED) is 0.644. The van der Waals surface area contributed by atoms with Gasteiger partial charge in [-0.1, -0.05) is 25.1 Å². The molecule has 1 rings (SSSR count). The smallest absolute Gasteiger partial charge is 0.319 e. The van der Waals surface area contributed by atoms with Gasteiger partial charge in [-0.2, -0.15) is 26.3 Å². The number of rotatable bonds is 5. The van der Waals surface area contributed by atoms with Crippen LogP contribution in [-0.2, 0) is 0 Å². The van der Waals surface area contributed by atoms with E-state index in [-0.39, 0.29) is 12.0 Å². The number of hydrogen-bond acceptors (Lipinski definition) is 2. The standard InChI is InChI=1S/C13H14F6N2O/c1-2-8-20-11(12(14,15)16,13(17,18)19)21-10(22)9-6-4-3-5-7-9/h3-7,20H,2,8H2,1H3,(H,21,22). The number of benzene rings is 1. The summed E-state index contributed by atoms with van der Waals surface area (Å²) in [7, 11) is 0. The second-order valence-electron chi connectivity index (χ2n) is 4.49. The summed E-state index contributed by atoms with van der Waals surface area (Å²) >= 11 is 0. The Morgan fingerprint density at radius 1 is 1.00 bits per heavy atom. The van der Waals surface area contributed by atoms with Gasteiger partial charge in [-0.05, 0) is 25.1 Å². The van der Waals surface area contributed by atoms with E-state index in [9.17, 15) is 31.1 Å². The molecule has 0 saturated heterocycles. The van der Waals surface area contributed by atoms with E-state index < -0.39 is 30.5 Å². The zero-order valence-corrected chi connectivity index (χ0v) is 11.5. The van der Waals surface area contributed by atoms with Crippen LogP contribution in [0.15, 0.2) is 30.3 Å². The molecule has 124 valence electrons. The second-order valence-corrected chi connectivity index (χ2v) is 4.49. The molecule has 1 aromatic rings. The summed E-state index contributed by atoms with van der Waals surface area (Å²) in [5.41, 5.74) is -4.80. The molecule has 22 heavy (non-hydrogen) atoms. The monoisotopic (exact) mass is 328 g/mol. The van der Waals surface area contributed by atoms with Crippen molar-refractivity contribution in [1.82, 2.24) is 10.6 Å². The molecule has 9 heteroatoms. The fourth-order valence-corrected chi connectivity index (χ4v) is 1.69. The lowest BCUT2D eigenvalue weighted by Crippen LogP contribution is -2.75. The topological polar surface area (TPSA) is 41.1 Å². The number of carbonyl (C=O) groups is 1. The average Bonchev–Trinajstić information content (AvgIpc) is 2.41. The van der Waals surface area contributed by atoms with Gasteiger partial charge in [0.05, 0.1) is 0 Å². The number of halogens is 6. The Morgan fingerprint density at radius 2 is 1.50 bits per heavy atom. The van der Waals surface area contributed by atoms with Crippen LogP contribution in [0.4, 0.5) is 26.3 Å². The zero-order chi connectivity index (χ0) is 17.0. The van der Waals surface area contributed by atoms with Gasteiger partial charge in [0.1, 0.15) is 0 Å². The predicted octanol–water partition coefficient (Wildman–Crippen LogP) is 3.24. The molecule has 0 unspecified atom stereocenters. The third-order valence-electron chi connectivity index (χ3n) is 2.83. The molecule has 3 nitrogen and oxygen atoms in total. The lowest BCUT2D eigenvalue weighted by molar-refractivity contribution is -0.314. The molecular weight excluding hydrogens is 314 g/mol. The molecular formula is C13H14F6N2O. The molecule has 0 heterocycles. The SMILES string of the molecule is CCCNC(NC(=O)c1ccccc1)(C(F)(F)F)C(F)(F)F. The fraction of sp³-hybridized carbons (Fsp3) is 0.462. The number of carbonyl (C=O) groups excluding carboxylic acids is 1. The third-order valence-corrected chi connectivity index (χ3v) is 2.83. The van der Waals surface area contributed by atoms with Crippen LogP contribution < -0.4 is 10.6 Å². The lowest BCUT2D eigenvalue weighted by atomic mass is 10.1. The van der Waals surface area contributed by atoms with Gasteiger partial charge in [-0.25, -0.2) is 0 Å². The van der Waals surface area contributed by atoms with Crippen molar-refractivity contribution >= 4 is 5.91 Å². The second kappa shape index (κ2) is 6.55. The zero-order valence-electron chi connectivity index (χ0n) is 11.5. The van der Waals surface area contributed by atoms with Gasteiger partial charge < -0.3 is 5.32 Å². The molecule has 1 amide bonds. The van der Waals surface area contributed by atoms with Gasteiger partial charge in [0.25, 0.3) is 11.6 Å². The maximum absolute atomic E-state index is 13.1. The van der Waals surface area contributed by atoms with Crippen LogP contribution in [0.2, 0.25) is 0 Å². The molecule has 0 radical (unpaired) electrons. The molecule has 0 aliphatic rings. The van der Waals surface area contributed by atoms with Gasteiger partial charge in [-0.15, -0.1) is 0 Å². The molecule has 0 spiro atoms.